The monoisotopic (exact) mass is 421 g/mol. The molecule has 0 unspecified atom stereocenters. The van der Waals surface area contributed by atoms with Gasteiger partial charge in [-0.25, -0.2) is 0 Å². The second-order valence-corrected chi connectivity index (χ2v) is 6.99. The molecule has 2 rings (SSSR count). The molecule has 0 amide bonds. The van der Waals surface area contributed by atoms with Crippen LogP contribution in [0.4, 0.5) is 5.69 Å². The standard InChI is InChI=1S/C20H24BrNO2S/c1-5-14-8-7-9-18(22-20(25)23-4)16(14)12-24-19-10-13(3)15(6-2)11-17(19)21/h7-11H,5-6,12H2,1-4H3,(H,22,25). The van der Waals surface area contributed by atoms with Gasteiger partial charge in [0.2, 0.25) is 0 Å². The lowest BCUT2D eigenvalue weighted by molar-refractivity contribution is 0.303. The third-order valence-corrected chi connectivity index (χ3v) is 5.11. The average Bonchev–Trinajstić information content (AvgIpc) is 2.62. The molecule has 0 saturated heterocycles. The topological polar surface area (TPSA) is 30.5 Å². The highest BCUT2D eigenvalue weighted by Crippen LogP contribution is 2.31. The minimum atomic E-state index is 0.346. The first-order chi connectivity index (χ1) is 12.0. The smallest absolute Gasteiger partial charge is 0.260 e. The zero-order valence-corrected chi connectivity index (χ0v) is 17.5. The van der Waals surface area contributed by atoms with Gasteiger partial charge in [-0.15, -0.1) is 0 Å². The molecule has 0 aromatic heterocycles. The SMILES string of the molecule is CCc1cc(Br)c(OCc2c(CC)cccc2NC(=S)OC)cc1C. The Morgan fingerprint density at radius 3 is 2.52 bits per heavy atom. The molecule has 2 aromatic carbocycles. The van der Waals surface area contributed by atoms with Gasteiger partial charge >= 0.3 is 0 Å². The number of anilines is 1. The molecule has 134 valence electrons. The van der Waals surface area contributed by atoms with E-state index in [-0.39, 0.29) is 0 Å². The Labute approximate surface area is 163 Å². The van der Waals surface area contributed by atoms with Crippen LogP contribution in [0.1, 0.15) is 36.1 Å². The van der Waals surface area contributed by atoms with Crippen molar-refractivity contribution in [3.05, 3.63) is 57.1 Å². The fraction of sp³-hybridized carbons (Fsp3) is 0.350. The normalized spacial score (nSPS) is 10.4. The number of benzene rings is 2. The van der Waals surface area contributed by atoms with Gasteiger partial charge in [-0.05, 0) is 82.8 Å². The van der Waals surface area contributed by atoms with Gasteiger partial charge in [0.25, 0.3) is 5.17 Å². The molecule has 0 fully saturated rings. The lowest BCUT2D eigenvalue weighted by atomic mass is 10.0. The zero-order chi connectivity index (χ0) is 18.4. The Balaban J connectivity index is 2.28. The third-order valence-electron chi connectivity index (χ3n) is 4.22. The number of hydrogen-bond donors (Lipinski definition) is 1. The third kappa shape index (κ3) is 4.95. The van der Waals surface area contributed by atoms with Crippen LogP contribution in [0.25, 0.3) is 0 Å². The first-order valence-electron chi connectivity index (χ1n) is 8.37. The van der Waals surface area contributed by atoms with E-state index in [1.165, 1.54) is 16.7 Å². The minimum absolute atomic E-state index is 0.346. The molecule has 0 saturated carbocycles. The zero-order valence-electron chi connectivity index (χ0n) is 15.1. The van der Waals surface area contributed by atoms with Crippen molar-refractivity contribution in [3.63, 3.8) is 0 Å². The minimum Gasteiger partial charge on any atom is -0.488 e. The highest BCUT2D eigenvalue weighted by molar-refractivity contribution is 9.10. The number of hydrogen-bond acceptors (Lipinski definition) is 3. The van der Waals surface area contributed by atoms with E-state index in [1.807, 2.05) is 12.1 Å². The molecule has 2 aromatic rings. The van der Waals surface area contributed by atoms with Gasteiger partial charge in [-0.2, -0.15) is 0 Å². The second-order valence-electron chi connectivity index (χ2n) is 5.76. The van der Waals surface area contributed by atoms with Crippen LogP contribution in [-0.4, -0.2) is 12.3 Å². The van der Waals surface area contributed by atoms with Crippen LogP contribution < -0.4 is 10.1 Å². The van der Waals surface area contributed by atoms with Crippen molar-refractivity contribution >= 4 is 39.0 Å². The Kier molecular flexibility index (Phi) is 7.26. The number of ether oxygens (including phenoxy) is 2. The molecule has 1 N–H and O–H groups in total. The van der Waals surface area contributed by atoms with E-state index >= 15 is 0 Å². The van der Waals surface area contributed by atoms with Crippen molar-refractivity contribution in [1.29, 1.82) is 0 Å². The molecule has 25 heavy (non-hydrogen) atoms. The number of thiocarbonyl (C=S) groups is 1. The van der Waals surface area contributed by atoms with Crippen molar-refractivity contribution in [3.8, 4) is 5.75 Å². The Morgan fingerprint density at radius 2 is 1.88 bits per heavy atom. The highest BCUT2D eigenvalue weighted by Gasteiger charge is 2.12. The maximum absolute atomic E-state index is 6.13. The molecule has 0 atom stereocenters. The van der Waals surface area contributed by atoms with Crippen molar-refractivity contribution in [2.24, 2.45) is 0 Å². The summed E-state index contributed by atoms with van der Waals surface area (Å²) in [5.41, 5.74) is 5.80. The molecular formula is C20H24BrNO2S. The van der Waals surface area contributed by atoms with Crippen LogP contribution in [0.15, 0.2) is 34.8 Å². The van der Waals surface area contributed by atoms with Crippen molar-refractivity contribution < 1.29 is 9.47 Å². The predicted octanol–water partition coefficient (Wildman–Crippen LogP) is 5.80. The average molecular weight is 422 g/mol. The molecule has 5 heteroatoms. The highest BCUT2D eigenvalue weighted by atomic mass is 79.9. The van der Waals surface area contributed by atoms with E-state index < -0.39 is 0 Å². The summed E-state index contributed by atoms with van der Waals surface area (Å²) in [5, 5.41) is 3.48. The van der Waals surface area contributed by atoms with Gasteiger partial charge < -0.3 is 14.8 Å². The molecule has 3 nitrogen and oxygen atoms in total. The number of aryl methyl sites for hydroxylation is 3. The van der Waals surface area contributed by atoms with Gasteiger partial charge in [0.15, 0.2) is 0 Å². The van der Waals surface area contributed by atoms with Crippen LogP contribution in [0.5, 0.6) is 5.75 Å². The Bertz CT molecular complexity index is 762. The number of halogens is 1. The first-order valence-corrected chi connectivity index (χ1v) is 9.57. The summed E-state index contributed by atoms with van der Waals surface area (Å²) < 4.78 is 12.2. The predicted molar refractivity (Wildman–Crippen MR) is 112 cm³/mol. The van der Waals surface area contributed by atoms with Crippen molar-refractivity contribution in [2.45, 2.75) is 40.2 Å². The maximum Gasteiger partial charge on any atom is 0.260 e. The summed E-state index contributed by atoms with van der Waals surface area (Å²) in [5.74, 6) is 0.848. The molecule has 0 radical (unpaired) electrons. The van der Waals surface area contributed by atoms with E-state index in [0.29, 0.717) is 11.8 Å². The molecule has 0 bridgehead atoms. The van der Waals surface area contributed by atoms with E-state index in [9.17, 15) is 0 Å². The summed E-state index contributed by atoms with van der Waals surface area (Å²) in [6.45, 7) is 6.86. The molecule has 0 aliphatic rings. The molecular weight excluding hydrogens is 398 g/mol. The van der Waals surface area contributed by atoms with Crippen molar-refractivity contribution in [2.75, 3.05) is 12.4 Å². The summed E-state index contributed by atoms with van der Waals surface area (Å²) in [4.78, 5) is 0. The molecule has 0 heterocycles. The molecule has 0 aliphatic carbocycles. The van der Waals surface area contributed by atoms with Crippen LogP contribution in [-0.2, 0) is 24.2 Å². The van der Waals surface area contributed by atoms with Gasteiger partial charge in [-0.1, -0.05) is 26.0 Å². The number of nitrogens with one attached hydrogen (secondary N) is 1. The van der Waals surface area contributed by atoms with Gasteiger partial charge in [-0.3, -0.25) is 0 Å². The Morgan fingerprint density at radius 1 is 1.16 bits per heavy atom. The van der Waals surface area contributed by atoms with Crippen LogP contribution >= 0.6 is 28.1 Å². The van der Waals surface area contributed by atoms with E-state index in [2.05, 4.69) is 60.2 Å². The quantitative estimate of drug-likeness (QED) is 0.596. The number of rotatable bonds is 6. The largest absolute Gasteiger partial charge is 0.488 e. The van der Waals surface area contributed by atoms with E-state index in [4.69, 9.17) is 21.7 Å². The molecule has 0 aliphatic heterocycles. The van der Waals surface area contributed by atoms with E-state index in [1.54, 1.807) is 7.11 Å². The first kappa shape index (κ1) is 19.7. The van der Waals surface area contributed by atoms with Crippen LogP contribution in [0.3, 0.4) is 0 Å². The number of methoxy groups -OCH3 is 1. The maximum atomic E-state index is 6.13. The summed E-state index contributed by atoms with van der Waals surface area (Å²) >= 11 is 8.76. The van der Waals surface area contributed by atoms with Gasteiger partial charge in [0.1, 0.15) is 12.4 Å². The van der Waals surface area contributed by atoms with Gasteiger partial charge in [0, 0.05) is 11.3 Å². The molecule has 0 spiro atoms. The lowest BCUT2D eigenvalue weighted by Gasteiger charge is -2.17. The van der Waals surface area contributed by atoms with Gasteiger partial charge in [0.05, 0.1) is 11.6 Å². The lowest BCUT2D eigenvalue weighted by Crippen LogP contribution is -2.14. The second kappa shape index (κ2) is 9.20. The summed E-state index contributed by atoms with van der Waals surface area (Å²) in [6, 6.07) is 10.3. The van der Waals surface area contributed by atoms with Crippen molar-refractivity contribution in [1.82, 2.24) is 0 Å². The van der Waals surface area contributed by atoms with E-state index in [0.717, 1.165) is 34.3 Å². The fourth-order valence-corrected chi connectivity index (χ4v) is 3.37. The van der Waals surface area contributed by atoms with Crippen LogP contribution in [0, 0.1) is 6.92 Å². The fourth-order valence-electron chi connectivity index (χ4n) is 2.75. The summed E-state index contributed by atoms with van der Waals surface area (Å²) in [7, 11) is 1.56. The summed E-state index contributed by atoms with van der Waals surface area (Å²) in [6.07, 6.45) is 1.93. The van der Waals surface area contributed by atoms with Crippen LogP contribution in [0.2, 0.25) is 0 Å². The Hall–Kier alpha value is -1.59.